The van der Waals surface area contributed by atoms with Gasteiger partial charge < -0.3 is 14.6 Å². The summed E-state index contributed by atoms with van der Waals surface area (Å²) in [5.41, 5.74) is 3.47. The van der Waals surface area contributed by atoms with Crippen molar-refractivity contribution in [3.8, 4) is 5.75 Å². The third-order valence-corrected chi connectivity index (χ3v) is 4.80. The lowest BCUT2D eigenvalue weighted by Crippen LogP contribution is -2.00. The van der Waals surface area contributed by atoms with Crippen LogP contribution in [0.4, 0.5) is 8.78 Å². The quantitative estimate of drug-likeness (QED) is 0.248. The molecule has 0 saturated heterocycles. The van der Waals surface area contributed by atoms with E-state index in [9.17, 15) is 13.9 Å². The number of benzene rings is 1. The van der Waals surface area contributed by atoms with E-state index in [4.69, 9.17) is 9.47 Å². The summed E-state index contributed by atoms with van der Waals surface area (Å²) in [6.07, 6.45) is 5.25. The van der Waals surface area contributed by atoms with Gasteiger partial charge in [-0.05, 0) is 48.9 Å². The molecule has 3 nitrogen and oxygen atoms in total. The van der Waals surface area contributed by atoms with Crippen LogP contribution in [-0.4, -0.2) is 11.7 Å². The Kier molecular flexibility index (Phi) is 8.20. The number of aryl methyl sites for hydroxylation is 1. The van der Waals surface area contributed by atoms with E-state index in [0.717, 1.165) is 12.0 Å². The molecule has 1 aliphatic carbocycles. The summed E-state index contributed by atoms with van der Waals surface area (Å²) in [6, 6.07) is 7.25. The molecule has 0 aromatic heterocycles. The molecule has 28 heavy (non-hydrogen) atoms. The smallest absolute Gasteiger partial charge is 0.182 e. The van der Waals surface area contributed by atoms with Crippen LogP contribution in [0, 0.1) is 0 Å². The summed E-state index contributed by atoms with van der Waals surface area (Å²) in [7, 11) is 4.30. The average molecular weight is 422 g/mol. The van der Waals surface area contributed by atoms with Crippen molar-refractivity contribution < 1.29 is 23.4 Å². The lowest BCUT2D eigenvalue weighted by atomic mass is 10.2. The van der Waals surface area contributed by atoms with E-state index in [-0.39, 0.29) is 34.5 Å². The maximum Gasteiger partial charge on any atom is 0.182 e. The van der Waals surface area contributed by atoms with Crippen molar-refractivity contribution in [3.05, 3.63) is 93.3 Å². The number of hydrogen-bond donors (Lipinski definition) is 1. The second kappa shape index (κ2) is 10.4. The van der Waals surface area contributed by atoms with E-state index in [1.165, 1.54) is 12.2 Å². The Morgan fingerprint density at radius 3 is 2.68 bits per heavy atom. The Labute approximate surface area is 168 Å². The fourth-order valence-electron chi connectivity index (χ4n) is 2.29. The van der Waals surface area contributed by atoms with Crippen molar-refractivity contribution in [2.24, 2.45) is 0 Å². The van der Waals surface area contributed by atoms with Gasteiger partial charge in [0.05, 0.1) is 10.6 Å². The molecule has 2 unspecified atom stereocenters. The maximum atomic E-state index is 14.9. The summed E-state index contributed by atoms with van der Waals surface area (Å²) < 4.78 is 40.5. The Morgan fingerprint density at radius 1 is 1.25 bits per heavy atom. The molecule has 148 valence electrons. The SMILES string of the molecule is C/C=C\C(O)=C/COC1=C(P)C(F)=C=C(Oc2cccc(CC)c2)C(P)=C1F. The number of aliphatic hydroxyl groups is 1. The molecule has 1 aliphatic rings. The molecule has 7 heteroatoms. The number of ether oxygens (including phenoxy) is 2. The van der Waals surface area contributed by atoms with Gasteiger partial charge in [-0.15, -0.1) is 0 Å². The van der Waals surface area contributed by atoms with Crippen molar-refractivity contribution in [3.63, 3.8) is 0 Å². The van der Waals surface area contributed by atoms with Crippen LogP contribution >= 0.6 is 18.5 Å². The first kappa shape index (κ1) is 22.1. The van der Waals surface area contributed by atoms with Gasteiger partial charge in [0, 0.05) is 0 Å². The van der Waals surface area contributed by atoms with Gasteiger partial charge in [0.25, 0.3) is 0 Å². The lowest BCUT2D eigenvalue weighted by molar-refractivity contribution is 0.236. The third kappa shape index (κ3) is 5.66. The Hall–Kier alpha value is -2.18. The van der Waals surface area contributed by atoms with E-state index in [1.54, 1.807) is 25.1 Å². The van der Waals surface area contributed by atoms with Crippen molar-refractivity contribution in [2.75, 3.05) is 6.61 Å². The van der Waals surface area contributed by atoms with E-state index >= 15 is 0 Å². The summed E-state index contributed by atoms with van der Waals surface area (Å²) in [6.45, 7) is 3.60. The van der Waals surface area contributed by atoms with Crippen LogP contribution in [0.15, 0.2) is 87.8 Å². The normalized spacial score (nSPS) is 15.6. The van der Waals surface area contributed by atoms with Gasteiger partial charge in [0.15, 0.2) is 23.2 Å². The molecule has 0 aliphatic heterocycles. The average Bonchev–Trinajstić information content (AvgIpc) is 2.75. The number of rotatable bonds is 7. The van der Waals surface area contributed by atoms with Crippen LogP contribution in [-0.2, 0) is 11.2 Å². The topological polar surface area (TPSA) is 38.7 Å². The van der Waals surface area contributed by atoms with Gasteiger partial charge in [-0.2, -0.15) is 4.39 Å². The molecule has 0 radical (unpaired) electrons. The van der Waals surface area contributed by atoms with Crippen molar-refractivity contribution >= 4 is 18.5 Å². The minimum Gasteiger partial charge on any atom is -0.508 e. The first-order valence-electron chi connectivity index (χ1n) is 8.61. The van der Waals surface area contributed by atoms with Crippen molar-refractivity contribution in [1.82, 2.24) is 0 Å². The summed E-state index contributed by atoms with van der Waals surface area (Å²) >= 11 is 0. The predicted octanol–water partition coefficient (Wildman–Crippen LogP) is 6.16. The molecule has 2 rings (SSSR count). The van der Waals surface area contributed by atoms with E-state index < -0.39 is 11.7 Å². The van der Waals surface area contributed by atoms with Gasteiger partial charge in [-0.3, -0.25) is 0 Å². The number of aliphatic hydroxyl groups excluding tert-OH is 1. The van der Waals surface area contributed by atoms with Crippen LogP contribution in [0.3, 0.4) is 0 Å². The molecule has 0 fully saturated rings. The zero-order valence-corrected chi connectivity index (χ0v) is 17.9. The molecular formula is C21H22F2O3P2. The molecule has 0 bridgehead atoms. The Balaban J connectivity index is 2.32. The minimum atomic E-state index is -0.823. The highest BCUT2D eigenvalue weighted by atomic mass is 31.0. The largest absolute Gasteiger partial charge is 0.508 e. The van der Waals surface area contributed by atoms with Crippen LogP contribution in [0.1, 0.15) is 19.4 Å². The van der Waals surface area contributed by atoms with E-state index in [2.05, 4.69) is 24.2 Å². The van der Waals surface area contributed by atoms with Crippen molar-refractivity contribution in [1.29, 1.82) is 0 Å². The molecular weight excluding hydrogens is 400 g/mol. The van der Waals surface area contributed by atoms with Gasteiger partial charge in [-0.1, -0.05) is 43.6 Å². The summed E-state index contributed by atoms with van der Waals surface area (Å²) in [5.74, 6) is -1.60. The summed E-state index contributed by atoms with van der Waals surface area (Å²) in [4.78, 5) is 0. The van der Waals surface area contributed by atoms with Crippen LogP contribution in [0.2, 0.25) is 0 Å². The second-order valence-corrected chi connectivity index (χ2v) is 6.94. The molecule has 0 amide bonds. The van der Waals surface area contributed by atoms with E-state index in [0.29, 0.717) is 5.75 Å². The molecule has 0 saturated carbocycles. The monoisotopic (exact) mass is 422 g/mol. The zero-order valence-electron chi connectivity index (χ0n) is 15.6. The van der Waals surface area contributed by atoms with Gasteiger partial charge >= 0.3 is 0 Å². The highest BCUT2D eigenvalue weighted by Gasteiger charge is 2.23. The lowest BCUT2D eigenvalue weighted by Gasteiger charge is -2.12. The standard InChI is InChI=1S/C21H22F2O3P2/c1-3-6-14(24)9-10-25-19-18(23)21(28)17(12-16(22)20(19)27)26-15-8-5-7-13(4-2)11-15/h3,5-9,11,24H,4,10,27-28H2,1-2H3/b6-3-,14-9+. The van der Waals surface area contributed by atoms with Crippen LogP contribution in [0.5, 0.6) is 5.75 Å². The predicted molar refractivity (Wildman–Crippen MR) is 114 cm³/mol. The first-order chi connectivity index (χ1) is 13.4. The second-order valence-electron chi connectivity index (χ2n) is 5.78. The highest BCUT2D eigenvalue weighted by Crippen LogP contribution is 2.38. The molecule has 0 heterocycles. The first-order valence-corrected chi connectivity index (χ1v) is 9.76. The van der Waals surface area contributed by atoms with Crippen LogP contribution in [0.25, 0.3) is 0 Å². The fourth-order valence-corrected chi connectivity index (χ4v) is 2.84. The molecule has 2 atom stereocenters. The minimum absolute atomic E-state index is 0.0221. The van der Waals surface area contributed by atoms with Gasteiger partial charge in [0.2, 0.25) is 0 Å². The molecule has 0 spiro atoms. The molecule has 1 N–H and O–H groups in total. The van der Waals surface area contributed by atoms with E-state index in [1.807, 2.05) is 19.1 Å². The third-order valence-electron chi connectivity index (χ3n) is 3.77. The van der Waals surface area contributed by atoms with Crippen LogP contribution < -0.4 is 4.74 Å². The fraction of sp³-hybridized carbons (Fsp3) is 0.190. The molecule has 1 aromatic carbocycles. The molecule has 1 aromatic rings. The number of halogens is 2. The number of allylic oxidation sites excluding steroid dienone is 5. The van der Waals surface area contributed by atoms with Gasteiger partial charge in [-0.25, -0.2) is 4.39 Å². The Morgan fingerprint density at radius 2 is 2.00 bits per heavy atom. The van der Waals surface area contributed by atoms with Gasteiger partial charge in [0.1, 0.15) is 18.1 Å². The highest BCUT2D eigenvalue weighted by molar-refractivity contribution is 7.23. The summed E-state index contributed by atoms with van der Waals surface area (Å²) in [5, 5.41) is 9.42. The number of hydrogen-bond acceptors (Lipinski definition) is 3. The maximum absolute atomic E-state index is 14.9. The zero-order chi connectivity index (χ0) is 20.7. The Bertz CT molecular complexity index is 937. The van der Waals surface area contributed by atoms with Crippen molar-refractivity contribution in [2.45, 2.75) is 20.3 Å².